The van der Waals surface area contributed by atoms with E-state index < -0.39 is 0 Å². The Kier molecular flexibility index (Phi) is 3.60. The summed E-state index contributed by atoms with van der Waals surface area (Å²) >= 11 is 0.0524. The van der Waals surface area contributed by atoms with Crippen LogP contribution in [0.25, 0.3) is 0 Å². The Morgan fingerprint density at radius 2 is 1.75 bits per heavy atom. The van der Waals surface area contributed by atoms with Crippen LogP contribution < -0.4 is 10.2 Å². The van der Waals surface area contributed by atoms with Gasteiger partial charge in [-0.05, 0) is 0 Å². The van der Waals surface area contributed by atoms with Gasteiger partial charge in [-0.15, -0.1) is 0 Å². The van der Waals surface area contributed by atoms with Gasteiger partial charge in [-0.3, -0.25) is 0 Å². The van der Waals surface area contributed by atoms with Gasteiger partial charge >= 0.3 is 100 Å². The minimum absolute atomic E-state index is 0.0524. The summed E-state index contributed by atoms with van der Waals surface area (Å²) < 4.78 is 14.2. The van der Waals surface area contributed by atoms with Crippen molar-refractivity contribution in [2.45, 2.75) is 5.32 Å². The van der Waals surface area contributed by atoms with E-state index in [9.17, 15) is 4.39 Å². The molecule has 2 aromatic carbocycles. The van der Waals surface area contributed by atoms with Gasteiger partial charge < -0.3 is 0 Å². The van der Waals surface area contributed by atoms with Crippen LogP contribution in [0.1, 0.15) is 5.56 Å². The molecule has 0 radical (unpaired) electrons. The predicted molar refractivity (Wildman–Crippen MR) is 66.3 cm³/mol. The van der Waals surface area contributed by atoms with E-state index in [1.54, 1.807) is 12.1 Å². The van der Waals surface area contributed by atoms with Crippen LogP contribution in [0.15, 0.2) is 48.5 Å². The summed E-state index contributed by atoms with van der Waals surface area (Å²) in [6.45, 7) is 0. The number of hydrogen-bond acceptors (Lipinski definition) is 1. The second-order valence-electron chi connectivity index (χ2n) is 3.43. The maximum atomic E-state index is 13.5. The molecule has 0 atom stereocenters. The van der Waals surface area contributed by atoms with Crippen LogP contribution >= 0.6 is 0 Å². The van der Waals surface area contributed by atoms with Crippen molar-refractivity contribution < 1.29 is 4.39 Å². The Morgan fingerprint density at radius 3 is 2.44 bits per heavy atom. The molecular weight excluding hydrogens is 268 g/mol. The summed E-state index contributed by atoms with van der Waals surface area (Å²) in [5.41, 5.74) is 7.55. The van der Waals surface area contributed by atoms with Crippen LogP contribution in [0.2, 0.25) is 0 Å². The van der Waals surface area contributed by atoms with Crippen molar-refractivity contribution in [1.82, 2.24) is 0 Å². The van der Waals surface area contributed by atoms with Gasteiger partial charge in [-0.25, -0.2) is 0 Å². The zero-order chi connectivity index (χ0) is 11.4. The van der Waals surface area contributed by atoms with Gasteiger partial charge in [0.25, 0.3) is 0 Å². The fourth-order valence-corrected chi connectivity index (χ4v) is 3.39. The topological polar surface area (TPSA) is 26.0 Å². The first-order chi connectivity index (χ1) is 7.77. The van der Waals surface area contributed by atoms with E-state index >= 15 is 0 Å². The Hall–Kier alpha value is -1.31. The Balaban J connectivity index is 2.11. The third-order valence-electron chi connectivity index (χ3n) is 2.22. The maximum absolute atomic E-state index is 13.5. The molecule has 0 aliphatic rings. The molecule has 0 aliphatic carbocycles. The van der Waals surface area contributed by atoms with Gasteiger partial charge in [0.15, 0.2) is 0 Å². The van der Waals surface area contributed by atoms with Crippen molar-refractivity contribution in [3.05, 3.63) is 59.9 Å². The van der Waals surface area contributed by atoms with Crippen LogP contribution in [0.3, 0.4) is 0 Å². The van der Waals surface area contributed by atoms with Crippen LogP contribution in [-0.4, -0.2) is 15.0 Å². The molecule has 0 saturated carbocycles. The average molecular weight is 280 g/mol. The first-order valence-electron chi connectivity index (χ1n) is 4.98. The molecule has 0 bridgehead atoms. The van der Waals surface area contributed by atoms with E-state index in [0.717, 1.165) is 5.32 Å². The molecule has 3 heteroatoms. The molecule has 16 heavy (non-hydrogen) atoms. The number of nitrogens with two attached hydrogens (primary N) is 1. The summed E-state index contributed by atoms with van der Waals surface area (Å²) in [4.78, 5) is 0. The number of nitrogen functional groups attached to an aromatic ring is 1. The van der Waals surface area contributed by atoms with Crippen molar-refractivity contribution in [3.63, 3.8) is 0 Å². The summed E-state index contributed by atoms with van der Waals surface area (Å²) in [6, 6.07) is 15.0. The standard InChI is InChI=1S/C13H12FNSe/c14-11-7-4-8-12(15)13(11)16-9-10-5-2-1-3-6-10/h1-8H,9,15H2. The second kappa shape index (κ2) is 5.15. The zero-order valence-corrected chi connectivity index (χ0v) is 10.4. The SMILES string of the molecule is Nc1cccc(F)c1[Se]Cc1ccccc1. The van der Waals surface area contributed by atoms with Crippen LogP contribution in [0, 0.1) is 5.82 Å². The fourth-order valence-electron chi connectivity index (χ4n) is 1.41. The first-order valence-corrected chi connectivity index (χ1v) is 7.05. The van der Waals surface area contributed by atoms with E-state index in [1.165, 1.54) is 11.6 Å². The number of halogens is 1. The van der Waals surface area contributed by atoms with Crippen LogP contribution in [-0.2, 0) is 5.32 Å². The normalized spacial score (nSPS) is 10.3. The van der Waals surface area contributed by atoms with Gasteiger partial charge in [-0.2, -0.15) is 0 Å². The molecule has 0 aromatic heterocycles. The Labute approximate surface area is 101 Å². The predicted octanol–water partition coefficient (Wildman–Crippen LogP) is 1.94. The molecule has 1 nitrogen and oxygen atoms in total. The molecule has 0 amide bonds. The van der Waals surface area contributed by atoms with Crippen molar-refractivity contribution in [3.8, 4) is 0 Å². The molecule has 0 heterocycles. The van der Waals surface area contributed by atoms with Gasteiger partial charge in [-0.1, -0.05) is 0 Å². The van der Waals surface area contributed by atoms with Crippen molar-refractivity contribution in [2.75, 3.05) is 5.73 Å². The average Bonchev–Trinajstić information content (AvgIpc) is 2.30. The Morgan fingerprint density at radius 1 is 1.00 bits per heavy atom. The zero-order valence-electron chi connectivity index (χ0n) is 8.69. The Bertz CT molecular complexity index is 450. The van der Waals surface area contributed by atoms with E-state index in [1.807, 2.05) is 18.2 Å². The van der Waals surface area contributed by atoms with E-state index in [4.69, 9.17) is 5.73 Å². The monoisotopic (exact) mass is 281 g/mol. The number of hydrogen-bond donors (Lipinski definition) is 1. The van der Waals surface area contributed by atoms with E-state index in [2.05, 4.69) is 12.1 Å². The summed E-state index contributed by atoms with van der Waals surface area (Å²) in [5, 5.41) is 0.874. The van der Waals surface area contributed by atoms with Crippen LogP contribution in [0.4, 0.5) is 10.1 Å². The third kappa shape index (κ3) is 2.63. The van der Waals surface area contributed by atoms with Crippen molar-refractivity contribution in [1.29, 1.82) is 0 Å². The van der Waals surface area contributed by atoms with Gasteiger partial charge in [0.1, 0.15) is 0 Å². The van der Waals surface area contributed by atoms with E-state index in [-0.39, 0.29) is 20.8 Å². The van der Waals surface area contributed by atoms with Crippen molar-refractivity contribution in [2.24, 2.45) is 0 Å². The van der Waals surface area contributed by atoms with Gasteiger partial charge in [0, 0.05) is 0 Å². The second-order valence-corrected chi connectivity index (χ2v) is 5.50. The van der Waals surface area contributed by atoms with Gasteiger partial charge in [0.05, 0.1) is 0 Å². The molecule has 0 fully saturated rings. The summed E-state index contributed by atoms with van der Waals surface area (Å²) in [5.74, 6) is -0.184. The fraction of sp³-hybridized carbons (Fsp3) is 0.0769. The molecular formula is C13H12FNSe. The van der Waals surface area contributed by atoms with Crippen LogP contribution in [0.5, 0.6) is 0 Å². The number of anilines is 1. The molecule has 0 unspecified atom stereocenters. The molecule has 2 rings (SSSR count). The van der Waals surface area contributed by atoms with Gasteiger partial charge in [0.2, 0.25) is 0 Å². The molecule has 2 aromatic rings. The number of rotatable bonds is 3. The third-order valence-corrected chi connectivity index (χ3v) is 4.73. The summed E-state index contributed by atoms with van der Waals surface area (Å²) in [6.07, 6.45) is 0. The summed E-state index contributed by atoms with van der Waals surface area (Å²) in [7, 11) is 0. The number of benzene rings is 2. The molecule has 82 valence electrons. The quantitative estimate of drug-likeness (QED) is 0.675. The molecule has 0 saturated heterocycles. The molecule has 0 aliphatic heterocycles. The molecule has 2 N–H and O–H groups in total. The first kappa shape index (κ1) is 11.2. The van der Waals surface area contributed by atoms with E-state index in [0.29, 0.717) is 10.1 Å². The van der Waals surface area contributed by atoms with Crippen molar-refractivity contribution >= 4 is 25.1 Å². The minimum atomic E-state index is -0.184. The molecule has 0 spiro atoms.